The molecule has 35 heavy (non-hydrogen) atoms. The number of benzene rings is 2. The van der Waals surface area contributed by atoms with Gasteiger partial charge in [-0.3, -0.25) is 10.2 Å². The van der Waals surface area contributed by atoms with Gasteiger partial charge in [0.15, 0.2) is 11.5 Å². The Kier molecular flexibility index (Phi) is 7.08. The summed E-state index contributed by atoms with van der Waals surface area (Å²) in [5, 5.41) is 8.31. The third-order valence-corrected chi connectivity index (χ3v) is 7.71. The maximum atomic E-state index is 12.7. The SMILES string of the molecule is CCOc1cc(/C=C2/C(=N)N3C(=NC2=O)SN=C3S(=O)(=O)CC)ccc1OC(C)c1ccccc1. The maximum Gasteiger partial charge on any atom is 0.283 e. The van der Waals surface area contributed by atoms with Gasteiger partial charge in [0.1, 0.15) is 11.9 Å². The second-order valence-corrected chi connectivity index (χ2v) is 10.5. The van der Waals surface area contributed by atoms with Gasteiger partial charge in [-0.15, -0.1) is 0 Å². The number of ether oxygens (including phenoxy) is 2. The van der Waals surface area contributed by atoms with Crippen molar-refractivity contribution in [2.45, 2.75) is 26.9 Å². The first kappa shape index (κ1) is 24.7. The second kappa shape index (κ2) is 10.0. The number of amides is 1. The predicted octanol–water partition coefficient (Wildman–Crippen LogP) is 4.24. The fraction of sp³-hybridized carbons (Fsp3) is 0.250. The van der Waals surface area contributed by atoms with Gasteiger partial charge in [-0.1, -0.05) is 43.3 Å². The molecule has 1 unspecified atom stereocenters. The molecule has 2 aliphatic heterocycles. The summed E-state index contributed by atoms with van der Waals surface area (Å²) in [6.07, 6.45) is 1.27. The molecule has 0 aromatic heterocycles. The van der Waals surface area contributed by atoms with Crippen molar-refractivity contribution in [2.24, 2.45) is 9.39 Å². The van der Waals surface area contributed by atoms with Crippen LogP contribution in [0.25, 0.3) is 6.08 Å². The van der Waals surface area contributed by atoms with E-state index in [0.29, 0.717) is 23.7 Å². The van der Waals surface area contributed by atoms with Gasteiger partial charge < -0.3 is 9.47 Å². The molecule has 0 radical (unpaired) electrons. The first-order valence-electron chi connectivity index (χ1n) is 10.9. The minimum absolute atomic E-state index is 0.0518. The van der Waals surface area contributed by atoms with Crippen molar-refractivity contribution in [2.75, 3.05) is 12.4 Å². The highest BCUT2D eigenvalue weighted by molar-refractivity contribution is 8.16. The molecule has 11 heteroatoms. The van der Waals surface area contributed by atoms with Crippen molar-refractivity contribution in [3.05, 3.63) is 65.2 Å². The molecule has 9 nitrogen and oxygen atoms in total. The number of hydrogen-bond donors (Lipinski definition) is 1. The maximum absolute atomic E-state index is 12.7. The summed E-state index contributed by atoms with van der Waals surface area (Å²) >= 11 is 0.767. The van der Waals surface area contributed by atoms with Crippen molar-refractivity contribution < 1.29 is 22.7 Å². The van der Waals surface area contributed by atoms with Gasteiger partial charge in [0, 0.05) is 0 Å². The lowest BCUT2D eigenvalue weighted by molar-refractivity contribution is -0.114. The molecule has 1 atom stereocenters. The van der Waals surface area contributed by atoms with Crippen LogP contribution in [0.3, 0.4) is 0 Å². The van der Waals surface area contributed by atoms with E-state index in [1.807, 2.05) is 44.2 Å². The Labute approximate surface area is 208 Å². The number of sulfone groups is 1. The number of carbonyl (C=O) groups is 1. The van der Waals surface area contributed by atoms with E-state index in [2.05, 4.69) is 9.39 Å². The number of fused-ring (bicyclic) bond motifs is 1. The summed E-state index contributed by atoms with van der Waals surface area (Å²) in [6.45, 7) is 5.69. The molecule has 2 aromatic carbocycles. The average Bonchev–Trinajstić information content (AvgIpc) is 3.29. The van der Waals surface area contributed by atoms with Gasteiger partial charge in [0.25, 0.3) is 5.91 Å². The lowest BCUT2D eigenvalue weighted by Crippen LogP contribution is -2.45. The second-order valence-electron chi connectivity index (χ2n) is 7.62. The lowest BCUT2D eigenvalue weighted by Gasteiger charge is -2.24. The Bertz CT molecular complexity index is 1370. The molecular formula is C24H24N4O5S2. The summed E-state index contributed by atoms with van der Waals surface area (Å²) in [5.41, 5.74) is 1.53. The molecule has 182 valence electrons. The van der Waals surface area contributed by atoms with Gasteiger partial charge in [0.2, 0.25) is 20.2 Å². The van der Waals surface area contributed by atoms with Gasteiger partial charge in [-0.05, 0) is 43.2 Å². The van der Waals surface area contributed by atoms with Crippen molar-refractivity contribution in [1.29, 1.82) is 5.41 Å². The summed E-state index contributed by atoms with van der Waals surface area (Å²) in [6, 6.07) is 15.0. The van der Waals surface area contributed by atoms with E-state index in [0.717, 1.165) is 22.4 Å². The van der Waals surface area contributed by atoms with Gasteiger partial charge in [-0.2, -0.15) is 9.39 Å². The van der Waals surface area contributed by atoms with Crippen molar-refractivity contribution >= 4 is 49.9 Å². The molecule has 4 rings (SSSR count). The fourth-order valence-corrected chi connectivity index (χ4v) is 5.42. The number of nitrogens with one attached hydrogen (secondary N) is 1. The zero-order chi connectivity index (χ0) is 25.2. The molecule has 0 spiro atoms. The number of hydrogen-bond acceptors (Lipinski definition) is 8. The summed E-state index contributed by atoms with van der Waals surface area (Å²) in [7, 11) is -3.71. The Balaban J connectivity index is 1.65. The van der Waals surface area contributed by atoms with E-state index >= 15 is 0 Å². The molecule has 0 saturated carbocycles. The van der Waals surface area contributed by atoms with Gasteiger partial charge in [0.05, 0.1) is 29.9 Å². The monoisotopic (exact) mass is 512 g/mol. The lowest BCUT2D eigenvalue weighted by atomic mass is 10.1. The smallest absolute Gasteiger partial charge is 0.283 e. The van der Waals surface area contributed by atoms with Crippen LogP contribution in [0.4, 0.5) is 0 Å². The topological polar surface area (TPSA) is 121 Å². The van der Waals surface area contributed by atoms with Crippen LogP contribution in [0.15, 0.2) is 63.5 Å². The highest BCUT2D eigenvalue weighted by Crippen LogP contribution is 2.34. The van der Waals surface area contributed by atoms with E-state index in [1.54, 1.807) is 18.2 Å². The number of rotatable bonds is 7. The van der Waals surface area contributed by atoms with Crippen molar-refractivity contribution in [3.8, 4) is 11.5 Å². The average molecular weight is 513 g/mol. The zero-order valence-corrected chi connectivity index (χ0v) is 21.0. The summed E-state index contributed by atoms with van der Waals surface area (Å²) in [5.74, 6) is -0.102. The molecule has 0 fully saturated rings. The molecule has 2 aliphatic rings. The van der Waals surface area contributed by atoms with E-state index < -0.39 is 15.7 Å². The van der Waals surface area contributed by atoms with Crippen LogP contribution in [0.5, 0.6) is 11.5 Å². The fourth-order valence-electron chi connectivity index (χ4n) is 3.46. The first-order chi connectivity index (χ1) is 16.7. The van der Waals surface area contributed by atoms with Crippen LogP contribution in [0.2, 0.25) is 0 Å². The number of nitrogens with zero attached hydrogens (tertiary/aromatic N) is 3. The standard InChI is InChI=1S/C24H24N4O5S2/c1-4-32-20-14-16(11-12-19(20)33-15(3)17-9-7-6-8-10-17)13-18-21(25)28-23(26-22(18)29)34-27-24(28)35(30,31)5-2/h6-15,25H,4-5H2,1-3H3/b18-13-,25-21?. The van der Waals surface area contributed by atoms with Crippen molar-refractivity contribution in [1.82, 2.24) is 4.90 Å². The normalized spacial score (nSPS) is 17.7. The minimum atomic E-state index is -3.71. The molecule has 0 saturated heterocycles. The van der Waals surface area contributed by atoms with Crippen LogP contribution in [-0.2, 0) is 14.6 Å². The molecule has 2 aromatic rings. The number of amidine groups is 3. The third-order valence-electron chi connectivity index (χ3n) is 5.30. The van der Waals surface area contributed by atoms with E-state index in [-0.39, 0.29) is 33.6 Å². The Morgan fingerprint density at radius 2 is 1.89 bits per heavy atom. The highest BCUT2D eigenvalue weighted by atomic mass is 32.2. The third kappa shape index (κ3) is 5.01. The van der Waals surface area contributed by atoms with Gasteiger partial charge >= 0.3 is 0 Å². The molecule has 0 bridgehead atoms. The predicted molar refractivity (Wildman–Crippen MR) is 138 cm³/mol. The van der Waals surface area contributed by atoms with Crippen LogP contribution < -0.4 is 9.47 Å². The summed E-state index contributed by atoms with van der Waals surface area (Å²) in [4.78, 5) is 17.7. The zero-order valence-electron chi connectivity index (χ0n) is 19.4. The molecular weight excluding hydrogens is 488 g/mol. The van der Waals surface area contributed by atoms with Gasteiger partial charge in [-0.25, -0.2) is 13.3 Å². The summed E-state index contributed by atoms with van der Waals surface area (Å²) < 4.78 is 40.7. The minimum Gasteiger partial charge on any atom is -0.490 e. The van der Waals surface area contributed by atoms with Crippen LogP contribution in [-0.4, -0.2) is 47.8 Å². The Morgan fingerprint density at radius 1 is 1.14 bits per heavy atom. The molecule has 0 aliphatic carbocycles. The first-order valence-corrected chi connectivity index (χ1v) is 13.4. The van der Waals surface area contributed by atoms with E-state index in [4.69, 9.17) is 14.9 Å². The Hall–Kier alpha value is -3.44. The largest absolute Gasteiger partial charge is 0.490 e. The molecule has 1 N–H and O–H groups in total. The van der Waals surface area contributed by atoms with Crippen LogP contribution in [0, 0.1) is 5.41 Å². The number of aliphatic imine (C=N–C) groups is 1. The molecule has 2 heterocycles. The van der Waals surface area contributed by atoms with Crippen molar-refractivity contribution in [3.63, 3.8) is 0 Å². The van der Waals surface area contributed by atoms with E-state index in [9.17, 15) is 13.2 Å². The Morgan fingerprint density at radius 3 is 2.57 bits per heavy atom. The van der Waals surface area contributed by atoms with E-state index in [1.165, 1.54) is 13.0 Å². The molecule has 1 amide bonds. The quantitative estimate of drug-likeness (QED) is 0.435. The highest BCUT2D eigenvalue weighted by Gasteiger charge is 2.42. The van der Waals surface area contributed by atoms with Crippen LogP contribution >= 0.6 is 11.9 Å². The number of carbonyl (C=O) groups excluding carboxylic acids is 1. The van der Waals surface area contributed by atoms with Crippen LogP contribution in [0.1, 0.15) is 38.0 Å².